The average molecular weight is 353 g/mol. The maximum absolute atomic E-state index is 13.0. The van der Waals surface area contributed by atoms with E-state index in [1.807, 2.05) is 0 Å². The molecule has 1 fully saturated rings. The third-order valence-corrected chi connectivity index (χ3v) is 4.55. The van der Waals surface area contributed by atoms with E-state index in [9.17, 15) is 9.59 Å². The van der Waals surface area contributed by atoms with Gasteiger partial charge in [-0.1, -0.05) is 0 Å². The largest absolute Gasteiger partial charge is 0.464 e. The van der Waals surface area contributed by atoms with Crippen LogP contribution >= 0.6 is 0 Å². The molecule has 1 atom stereocenters. The molecule has 1 aromatic rings. The van der Waals surface area contributed by atoms with Gasteiger partial charge in [0, 0.05) is 38.3 Å². The number of carbonyl (C=O) groups excluding carboxylic acids is 1. The molecule has 3 heterocycles. The summed E-state index contributed by atoms with van der Waals surface area (Å²) < 4.78 is 28.8. The normalized spacial score (nSPS) is 19.2. The Kier molecular flexibility index (Phi) is 5.24. The van der Waals surface area contributed by atoms with Gasteiger partial charge in [0.1, 0.15) is 0 Å². The van der Waals surface area contributed by atoms with Crippen molar-refractivity contribution in [3.63, 3.8) is 0 Å². The highest BCUT2D eigenvalue weighted by atomic mass is 16.7. The molecule has 2 aliphatic rings. The molecule has 0 bridgehead atoms. The number of pyridine rings is 1. The topological polar surface area (TPSA) is 85.2 Å². The van der Waals surface area contributed by atoms with Gasteiger partial charge < -0.3 is 28.3 Å². The quantitative estimate of drug-likeness (QED) is 0.701. The molecule has 0 aromatic carbocycles. The Hall–Kier alpha value is -1.74. The number of hydrogen-bond donors (Lipinski definition) is 0. The summed E-state index contributed by atoms with van der Waals surface area (Å²) in [5, 5.41) is 0. The van der Waals surface area contributed by atoms with Gasteiger partial charge in [-0.2, -0.15) is 0 Å². The van der Waals surface area contributed by atoms with Crippen LogP contribution in [0.2, 0.25) is 0 Å². The summed E-state index contributed by atoms with van der Waals surface area (Å²) in [4.78, 5) is 25.3. The molecule has 1 spiro atoms. The maximum atomic E-state index is 13.0. The van der Waals surface area contributed by atoms with Crippen molar-refractivity contribution in [2.75, 3.05) is 34.0 Å². The molecule has 25 heavy (non-hydrogen) atoms. The summed E-state index contributed by atoms with van der Waals surface area (Å²) in [6.07, 6.45) is -0.461. The van der Waals surface area contributed by atoms with Crippen LogP contribution in [0, 0.1) is 0 Å². The molecule has 0 saturated carbocycles. The van der Waals surface area contributed by atoms with Crippen LogP contribution in [0.4, 0.5) is 0 Å². The van der Waals surface area contributed by atoms with E-state index in [2.05, 4.69) is 0 Å². The molecule has 1 saturated heterocycles. The lowest BCUT2D eigenvalue weighted by Crippen LogP contribution is -2.32. The van der Waals surface area contributed by atoms with Gasteiger partial charge in [0.25, 0.3) is 5.56 Å². The van der Waals surface area contributed by atoms with Crippen molar-refractivity contribution >= 4 is 5.97 Å². The van der Waals surface area contributed by atoms with Crippen LogP contribution < -0.4 is 5.56 Å². The van der Waals surface area contributed by atoms with Crippen LogP contribution in [0.25, 0.3) is 0 Å². The predicted octanol–water partition coefficient (Wildman–Crippen LogP) is 0.849. The highest BCUT2D eigenvalue weighted by Crippen LogP contribution is 2.40. The maximum Gasteiger partial charge on any atom is 0.339 e. The van der Waals surface area contributed by atoms with Crippen LogP contribution in [0.5, 0.6) is 0 Å². The van der Waals surface area contributed by atoms with Gasteiger partial charge in [0.2, 0.25) is 5.79 Å². The van der Waals surface area contributed by atoms with Crippen LogP contribution in [-0.4, -0.2) is 44.6 Å². The third kappa shape index (κ3) is 2.99. The van der Waals surface area contributed by atoms with Crippen molar-refractivity contribution in [2.24, 2.45) is 0 Å². The molecule has 1 unspecified atom stereocenters. The zero-order chi connectivity index (χ0) is 18.0. The number of nitrogens with zero attached hydrogens (tertiary/aromatic N) is 1. The minimum Gasteiger partial charge on any atom is -0.464 e. The Morgan fingerprint density at radius 1 is 1.36 bits per heavy atom. The van der Waals surface area contributed by atoms with E-state index >= 15 is 0 Å². The highest BCUT2D eigenvalue weighted by Gasteiger charge is 2.46. The van der Waals surface area contributed by atoms with Crippen molar-refractivity contribution < 1.29 is 28.5 Å². The van der Waals surface area contributed by atoms with Crippen molar-refractivity contribution in [1.82, 2.24) is 4.57 Å². The summed E-state index contributed by atoms with van der Waals surface area (Å²) in [7, 11) is 2.90. The first kappa shape index (κ1) is 18.1. The highest BCUT2D eigenvalue weighted by molar-refractivity contribution is 5.77. The van der Waals surface area contributed by atoms with Gasteiger partial charge in [0.15, 0.2) is 6.10 Å². The second kappa shape index (κ2) is 7.25. The zero-order valence-corrected chi connectivity index (χ0v) is 14.7. The lowest BCUT2D eigenvalue weighted by molar-refractivity contribution is -0.164. The standard InChI is InChI=1S/C17H23NO7/c1-4-23-16(20)14(22-3)11-9-13-17(24-7-8-25-17)5-6-18(13)15(19)12(11)10-21-2/h9,14H,4-8,10H2,1-3H3. The van der Waals surface area contributed by atoms with Crippen molar-refractivity contribution in [3.05, 3.63) is 33.2 Å². The summed E-state index contributed by atoms with van der Waals surface area (Å²) in [5.41, 5.74) is 1.19. The molecule has 2 aliphatic heterocycles. The molecule has 8 nitrogen and oxygen atoms in total. The van der Waals surface area contributed by atoms with Crippen LogP contribution in [-0.2, 0) is 47.4 Å². The van der Waals surface area contributed by atoms with Gasteiger partial charge in [-0.05, 0) is 13.0 Å². The van der Waals surface area contributed by atoms with Crippen LogP contribution in [0.1, 0.15) is 36.3 Å². The third-order valence-electron chi connectivity index (χ3n) is 4.55. The summed E-state index contributed by atoms with van der Waals surface area (Å²) in [5.74, 6) is -1.47. The molecule has 0 radical (unpaired) electrons. The minimum atomic E-state index is -1.01. The molecular weight excluding hydrogens is 330 g/mol. The molecule has 138 valence electrons. The van der Waals surface area contributed by atoms with Crippen molar-refractivity contribution in [1.29, 1.82) is 0 Å². The average Bonchev–Trinajstić information content (AvgIpc) is 3.21. The van der Waals surface area contributed by atoms with E-state index < -0.39 is 17.9 Å². The molecule has 1 aromatic heterocycles. The molecule has 0 N–H and O–H groups in total. The fourth-order valence-electron chi connectivity index (χ4n) is 3.47. The number of aromatic nitrogens is 1. The van der Waals surface area contributed by atoms with E-state index in [0.717, 1.165) is 0 Å². The molecule has 0 aliphatic carbocycles. The first-order chi connectivity index (χ1) is 12.1. The van der Waals surface area contributed by atoms with Crippen LogP contribution in [0.15, 0.2) is 10.9 Å². The van der Waals surface area contributed by atoms with Crippen LogP contribution in [0.3, 0.4) is 0 Å². The van der Waals surface area contributed by atoms with Gasteiger partial charge in [-0.15, -0.1) is 0 Å². The Morgan fingerprint density at radius 2 is 2.08 bits per heavy atom. The summed E-state index contributed by atoms with van der Waals surface area (Å²) >= 11 is 0. The monoisotopic (exact) mass is 353 g/mol. The van der Waals surface area contributed by atoms with E-state index in [1.54, 1.807) is 17.6 Å². The van der Waals surface area contributed by atoms with E-state index in [-0.39, 0.29) is 18.8 Å². The number of methoxy groups -OCH3 is 2. The lowest BCUT2D eigenvalue weighted by Gasteiger charge is -2.24. The van der Waals surface area contributed by atoms with Crippen molar-refractivity contribution in [2.45, 2.75) is 38.4 Å². The van der Waals surface area contributed by atoms with Gasteiger partial charge in [-0.25, -0.2) is 4.79 Å². The second-order valence-electron chi connectivity index (χ2n) is 5.92. The predicted molar refractivity (Wildman–Crippen MR) is 86.0 cm³/mol. The molecular formula is C17H23NO7. The second-order valence-corrected chi connectivity index (χ2v) is 5.92. The SMILES string of the molecule is CCOC(=O)C(OC)c1cc2n(c(=O)c1COC)CCC21OCCO1. The molecule has 8 heteroatoms. The number of hydrogen-bond acceptors (Lipinski definition) is 7. The smallest absolute Gasteiger partial charge is 0.339 e. The molecule has 0 amide bonds. The first-order valence-corrected chi connectivity index (χ1v) is 8.31. The van der Waals surface area contributed by atoms with Crippen molar-refractivity contribution in [3.8, 4) is 0 Å². The Morgan fingerprint density at radius 3 is 2.68 bits per heavy atom. The van der Waals surface area contributed by atoms with E-state index in [0.29, 0.717) is 43.0 Å². The number of fused-ring (bicyclic) bond motifs is 2. The Bertz CT molecular complexity index is 706. The fraction of sp³-hybridized carbons (Fsp3) is 0.647. The first-order valence-electron chi connectivity index (χ1n) is 8.31. The van der Waals surface area contributed by atoms with Gasteiger partial charge in [0.05, 0.1) is 32.1 Å². The van der Waals surface area contributed by atoms with E-state index in [4.69, 9.17) is 23.7 Å². The molecule has 3 rings (SSSR count). The lowest BCUT2D eigenvalue weighted by atomic mass is 10.0. The van der Waals surface area contributed by atoms with Gasteiger partial charge in [-0.3, -0.25) is 4.79 Å². The Balaban J connectivity index is 2.15. The zero-order valence-electron chi connectivity index (χ0n) is 14.7. The number of rotatable bonds is 6. The summed E-state index contributed by atoms with van der Waals surface area (Å²) in [6.45, 7) is 3.43. The Labute approximate surface area is 145 Å². The number of ether oxygens (including phenoxy) is 5. The fourth-order valence-corrected chi connectivity index (χ4v) is 3.47. The number of esters is 1. The number of carbonyl (C=O) groups is 1. The minimum absolute atomic E-state index is 0.0719. The van der Waals surface area contributed by atoms with Gasteiger partial charge >= 0.3 is 5.97 Å². The summed E-state index contributed by atoms with van der Waals surface area (Å²) in [6, 6.07) is 1.75. The van der Waals surface area contributed by atoms with E-state index in [1.165, 1.54) is 14.2 Å².